The van der Waals surface area contributed by atoms with E-state index in [1.807, 2.05) is 30.3 Å². The van der Waals surface area contributed by atoms with Crippen LogP contribution < -0.4 is 5.73 Å². The fraction of sp³-hybridized carbons (Fsp3) is 0.467. The van der Waals surface area contributed by atoms with Crippen LogP contribution in [0, 0.1) is 0 Å². The number of benzene rings is 1. The van der Waals surface area contributed by atoms with E-state index in [4.69, 9.17) is 5.73 Å². The Kier molecular flexibility index (Phi) is 4.74. The van der Waals surface area contributed by atoms with Crippen molar-refractivity contribution in [1.82, 2.24) is 4.90 Å². The number of likely N-dealkylation sites (tertiary alicyclic amines) is 1. The lowest BCUT2D eigenvalue weighted by Gasteiger charge is -2.33. The first kappa shape index (κ1) is 14.5. The Bertz CT molecular complexity index is 475. The maximum absolute atomic E-state index is 12.3. The van der Waals surface area contributed by atoms with Crippen LogP contribution in [0.3, 0.4) is 0 Å². The Morgan fingerprint density at radius 3 is 2.65 bits per heavy atom. The predicted octanol–water partition coefficient (Wildman–Crippen LogP) is 1.54. The molecule has 1 aromatic rings. The van der Waals surface area contributed by atoms with Crippen LogP contribution >= 0.6 is 0 Å². The van der Waals surface area contributed by atoms with Gasteiger partial charge in [0.2, 0.25) is 5.91 Å². The molecule has 1 fully saturated rings. The molecule has 0 bridgehead atoms. The molecule has 0 spiro atoms. The first-order valence-corrected chi connectivity index (χ1v) is 6.92. The molecule has 0 aromatic heterocycles. The summed E-state index contributed by atoms with van der Waals surface area (Å²) in [7, 11) is 0. The van der Waals surface area contributed by atoms with Crippen molar-refractivity contribution in [2.24, 2.45) is 5.73 Å². The molecular formula is C15H20N2O3. The van der Waals surface area contributed by atoms with E-state index in [0.29, 0.717) is 13.0 Å². The van der Waals surface area contributed by atoms with Gasteiger partial charge in [0.1, 0.15) is 6.04 Å². The molecule has 108 valence electrons. The first-order chi connectivity index (χ1) is 9.59. The molecule has 1 heterocycles. The third-order valence-electron chi connectivity index (χ3n) is 3.73. The molecule has 1 aliphatic heterocycles. The summed E-state index contributed by atoms with van der Waals surface area (Å²) in [6.07, 6.45) is 2.39. The minimum atomic E-state index is -0.925. The van der Waals surface area contributed by atoms with E-state index in [1.165, 1.54) is 4.90 Å². The third-order valence-corrected chi connectivity index (χ3v) is 3.73. The molecular weight excluding hydrogens is 256 g/mol. The Labute approximate surface area is 118 Å². The van der Waals surface area contributed by atoms with Gasteiger partial charge >= 0.3 is 5.97 Å². The summed E-state index contributed by atoms with van der Waals surface area (Å²) in [5.41, 5.74) is 6.92. The van der Waals surface area contributed by atoms with E-state index >= 15 is 0 Å². The Morgan fingerprint density at radius 2 is 2.00 bits per heavy atom. The summed E-state index contributed by atoms with van der Waals surface area (Å²) in [5, 5.41) is 9.18. The maximum Gasteiger partial charge on any atom is 0.326 e. The number of carboxylic acids is 1. The van der Waals surface area contributed by atoms with Gasteiger partial charge in [0.05, 0.1) is 0 Å². The summed E-state index contributed by atoms with van der Waals surface area (Å²) in [6, 6.07) is 8.31. The normalized spacial score (nSPS) is 20.4. The van der Waals surface area contributed by atoms with Crippen molar-refractivity contribution < 1.29 is 14.7 Å². The van der Waals surface area contributed by atoms with Crippen LogP contribution in [-0.4, -0.2) is 34.5 Å². The maximum atomic E-state index is 12.3. The fourth-order valence-corrected chi connectivity index (χ4v) is 2.61. The van der Waals surface area contributed by atoms with Crippen LogP contribution in [0.1, 0.15) is 37.3 Å². The van der Waals surface area contributed by atoms with Crippen LogP contribution in [0.5, 0.6) is 0 Å². The standard InChI is InChI=1S/C15H20N2O3/c16-12(11-6-2-1-3-7-11)10-14(18)17-9-5-4-8-13(17)15(19)20/h1-3,6-7,12-13H,4-5,8-10,16H2,(H,19,20)/t12?,13-/m1/s1. The zero-order valence-corrected chi connectivity index (χ0v) is 11.4. The quantitative estimate of drug-likeness (QED) is 0.873. The zero-order chi connectivity index (χ0) is 14.5. The van der Waals surface area contributed by atoms with Gasteiger partial charge in [0.15, 0.2) is 0 Å². The molecule has 2 rings (SSSR count). The third kappa shape index (κ3) is 3.36. The van der Waals surface area contributed by atoms with Gasteiger partial charge in [-0.2, -0.15) is 0 Å². The van der Waals surface area contributed by atoms with Crippen molar-refractivity contribution >= 4 is 11.9 Å². The predicted molar refractivity (Wildman–Crippen MR) is 75.0 cm³/mol. The van der Waals surface area contributed by atoms with Crippen molar-refractivity contribution in [3.63, 3.8) is 0 Å². The number of piperidine rings is 1. The van der Waals surface area contributed by atoms with E-state index < -0.39 is 12.0 Å². The highest BCUT2D eigenvalue weighted by Gasteiger charge is 2.32. The van der Waals surface area contributed by atoms with E-state index in [2.05, 4.69) is 0 Å². The molecule has 0 radical (unpaired) electrons. The summed E-state index contributed by atoms with van der Waals surface area (Å²) in [5.74, 6) is -1.10. The minimum absolute atomic E-state index is 0.147. The lowest BCUT2D eigenvalue weighted by Crippen LogP contribution is -2.48. The number of aliphatic carboxylic acids is 1. The van der Waals surface area contributed by atoms with Gasteiger partial charge in [-0.25, -0.2) is 4.79 Å². The molecule has 1 aromatic carbocycles. The number of nitrogens with zero attached hydrogens (tertiary/aromatic N) is 1. The van der Waals surface area contributed by atoms with E-state index in [9.17, 15) is 14.7 Å². The molecule has 1 saturated heterocycles. The van der Waals surface area contributed by atoms with Gasteiger partial charge in [0, 0.05) is 19.0 Å². The van der Waals surface area contributed by atoms with Crippen LogP contribution in [0.15, 0.2) is 30.3 Å². The van der Waals surface area contributed by atoms with E-state index in [1.54, 1.807) is 0 Å². The topological polar surface area (TPSA) is 83.6 Å². The highest BCUT2D eigenvalue weighted by Crippen LogP contribution is 2.21. The van der Waals surface area contributed by atoms with Crippen LogP contribution in [0.2, 0.25) is 0 Å². The Hall–Kier alpha value is -1.88. The van der Waals surface area contributed by atoms with Gasteiger partial charge in [-0.1, -0.05) is 30.3 Å². The van der Waals surface area contributed by atoms with Crippen molar-refractivity contribution in [2.75, 3.05) is 6.54 Å². The lowest BCUT2D eigenvalue weighted by atomic mass is 9.99. The molecule has 5 nitrogen and oxygen atoms in total. The smallest absolute Gasteiger partial charge is 0.326 e. The Morgan fingerprint density at radius 1 is 1.30 bits per heavy atom. The van der Waals surface area contributed by atoms with Crippen molar-refractivity contribution in [3.05, 3.63) is 35.9 Å². The second-order valence-electron chi connectivity index (χ2n) is 5.16. The number of carboxylic acid groups (broad SMARTS) is 1. The zero-order valence-electron chi connectivity index (χ0n) is 11.4. The highest BCUT2D eigenvalue weighted by molar-refractivity contribution is 5.84. The molecule has 3 N–H and O–H groups in total. The lowest BCUT2D eigenvalue weighted by molar-refractivity contribution is -0.152. The van der Waals surface area contributed by atoms with Crippen molar-refractivity contribution in [1.29, 1.82) is 0 Å². The number of rotatable bonds is 4. The molecule has 2 atom stereocenters. The number of hydrogen-bond donors (Lipinski definition) is 2. The molecule has 0 aliphatic carbocycles. The van der Waals surface area contributed by atoms with Crippen LogP contribution in [0.25, 0.3) is 0 Å². The number of carbonyl (C=O) groups excluding carboxylic acids is 1. The summed E-state index contributed by atoms with van der Waals surface area (Å²) in [4.78, 5) is 24.9. The molecule has 1 unspecified atom stereocenters. The van der Waals surface area contributed by atoms with Crippen molar-refractivity contribution in [2.45, 2.75) is 37.8 Å². The minimum Gasteiger partial charge on any atom is -0.480 e. The largest absolute Gasteiger partial charge is 0.480 e. The summed E-state index contributed by atoms with van der Waals surface area (Å²) < 4.78 is 0. The van der Waals surface area contributed by atoms with Gasteiger partial charge in [0.25, 0.3) is 0 Å². The summed E-state index contributed by atoms with van der Waals surface area (Å²) in [6.45, 7) is 0.511. The molecule has 0 saturated carbocycles. The van der Waals surface area contributed by atoms with E-state index in [0.717, 1.165) is 18.4 Å². The van der Waals surface area contributed by atoms with Gasteiger partial charge in [-0.3, -0.25) is 4.79 Å². The first-order valence-electron chi connectivity index (χ1n) is 6.92. The molecule has 20 heavy (non-hydrogen) atoms. The summed E-state index contributed by atoms with van der Waals surface area (Å²) >= 11 is 0. The number of hydrogen-bond acceptors (Lipinski definition) is 3. The van der Waals surface area contributed by atoms with Gasteiger partial charge < -0.3 is 15.7 Å². The second kappa shape index (κ2) is 6.52. The average Bonchev–Trinajstić information content (AvgIpc) is 2.48. The molecule has 1 aliphatic rings. The molecule has 1 amide bonds. The second-order valence-corrected chi connectivity index (χ2v) is 5.16. The van der Waals surface area contributed by atoms with Gasteiger partial charge in [-0.05, 0) is 24.8 Å². The highest BCUT2D eigenvalue weighted by atomic mass is 16.4. The number of nitrogens with two attached hydrogens (primary N) is 1. The molecule has 5 heteroatoms. The van der Waals surface area contributed by atoms with E-state index in [-0.39, 0.29) is 18.4 Å². The monoisotopic (exact) mass is 276 g/mol. The number of amides is 1. The van der Waals surface area contributed by atoms with Gasteiger partial charge in [-0.15, -0.1) is 0 Å². The number of carbonyl (C=O) groups is 2. The van der Waals surface area contributed by atoms with Crippen LogP contribution in [-0.2, 0) is 9.59 Å². The Balaban J connectivity index is 2.01. The van der Waals surface area contributed by atoms with Crippen molar-refractivity contribution in [3.8, 4) is 0 Å². The van der Waals surface area contributed by atoms with Crippen LogP contribution in [0.4, 0.5) is 0 Å². The SMILES string of the molecule is NC(CC(=O)N1CCCC[C@@H]1C(=O)O)c1ccccc1. The average molecular weight is 276 g/mol. The fourth-order valence-electron chi connectivity index (χ4n) is 2.61.